The summed E-state index contributed by atoms with van der Waals surface area (Å²) in [5.41, 5.74) is 0. The third-order valence-electron chi connectivity index (χ3n) is 3.93. The fraction of sp³-hybridized carbons (Fsp3) is 0.769. The molecule has 1 N–H and O–H groups in total. The van der Waals surface area contributed by atoms with Crippen LogP contribution in [0.4, 0.5) is 8.78 Å². The monoisotopic (exact) mass is 285 g/mol. The zero-order chi connectivity index (χ0) is 14.2. The number of rotatable bonds is 4. The maximum atomic E-state index is 13.1. The van der Waals surface area contributed by atoms with E-state index >= 15 is 0 Å². The van der Waals surface area contributed by atoms with Gasteiger partial charge in [-0.25, -0.2) is 8.78 Å². The first-order valence-electron chi connectivity index (χ1n) is 7.01. The molecule has 3 rings (SSSR count). The van der Waals surface area contributed by atoms with E-state index in [4.69, 9.17) is 4.52 Å². The molecule has 20 heavy (non-hydrogen) atoms. The van der Waals surface area contributed by atoms with E-state index in [-0.39, 0.29) is 37.1 Å². The van der Waals surface area contributed by atoms with Crippen molar-refractivity contribution in [1.29, 1.82) is 0 Å². The molecule has 0 unspecified atom stereocenters. The number of carbonyl (C=O) groups excluding carboxylic acids is 1. The summed E-state index contributed by atoms with van der Waals surface area (Å²) in [6, 6.07) is 0. The predicted octanol–water partition coefficient (Wildman–Crippen LogP) is 2.39. The van der Waals surface area contributed by atoms with Gasteiger partial charge in [-0.1, -0.05) is 5.16 Å². The Labute approximate surface area is 115 Å². The van der Waals surface area contributed by atoms with E-state index in [2.05, 4.69) is 15.5 Å². The molecule has 0 aliphatic heterocycles. The van der Waals surface area contributed by atoms with Gasteiger partial charge in [0.1, 0.15) is 0 Å². The predicted molar refractivity (Wildman–Crippen MR) is 65.0 cm³/mol. The number of aromatic nitrogens is 2. The summed E-state index contributed by atoms with van der Waals surface area (Å²) < 4.78 is 31.2. The molecule has 110 valence electrons. The van der Waals surface area contributed by atoms with E-state index in [9.17, 15) is 13.6 Å². The van der Waals surface area contributed by atoms with E-state index in [0.29, 0.717) is 24.6 Å². The van der Waals surface area contributed by atoms with Gasteiger partial charge in [0, 0.05) is 24.7 Å². The van der Waals surface area contributed by atoms with E-state index in [1.54, 1.807) is 0 Å². The highest BCUT2D eigenvalue weighted by molar-refractivity contribution is 5.80. The van der Waals surface area contributed by atoms with Gasteiger partial charge < -0.3 is 9.84 Å². The van der Waals surface area contributed by atoms with Crippen LogP contribution in [0.15, 0.2) is 4.52 Å². The van der Waals surface area contributed by atoms with Crippen LogP contribution in [0.3, 0.4) is 0 Å². The van der Waals surface area contributed by atoms with Gasteiger partial charge >= 0.3 is 0 Å². The maximum absolute atomic E-state index is 13.1. The molecular weight excluding hydrogens is 268 g/mol. The van der Waals surface area contributed by atoms with Crippen molar-refractivity contribution in [2.45, 2.75) is 56.9 Å². The van der Waals surface area contributed by atoms with E-state index in [1.807, 2.05) is 0 Å². The number of carbonyl (C=O) groups is 1. The van der Waals surface area contributed by atoms with Crippen molar-refractivity contribution >= 4 is 5.91 Å². The molecule has 0 aromatic carbocycles. The first kappa shape index (κ1) is 13.5. The van der Waals surface area contributed by atoms with Crippen molar-refractivity contribution in [2.75, 3.05) is 0 Å². The van der Waals surface area contributed by atoms with Crippen LogP contribution in [0.2, 0.25) is 0 Å². The Morgan fingerprint density at radius 2 is 2.00 bits per heavy atom. The summed E-state index contributed by atoms with van der Waals surface area (Å²) in [5, 5.41) is 6.58. The van der Waals surface area contributed by atoms with Crippen molar-refractivity contribution in [2.24, 2.45) is 5.92 Å². The van der Waals surface area contributed by atoms with Crippen LogP contribution >= 0.6 is 0 Å². The summed E-state index contributed by atoms with van der Waals surface area (Å²) in [7, 11) is 0. The molecule has 1 heterocycles. The standard InChI is InChI=1S/C13H17F2N3O2/c14-13(15)5-3-8(4-6-13)11-17-10(20-18-11)7-16-12(19)9-1-2-9/h8-9H,1-7H2,(H,16,19). The molecule has 0 radical (unpaired) electrons. The molecule has 2 fully saturated rings. The molecule has 2 aliphatic carbocycles. The first-order valence-corrected chi connectivity index (χ1v) is 7.01. The molecule has 0 bridgehead atoms. The number of halogens is 2. The third kappa shape index (κ3) is 3.13. The maximum Gasteiger partial charge on any atom is 0.248 e. The summed E-state index contributed by atoms with van der Waals surface area (Å²) in [6.07, 6.45) is 2.38. The van der Waals surface area contributed by atoms with Crippen molar-refractivity contribution in [3.8, 4) is 0 Å². The minimum Gasteiger partial charge on any atom is -0.347 e. The Hall–Kier alpha value is -1.53. The van der Waals surface area contributed by atoms with Crippen LogP contribution < -0.4 is 5.32 Å². The number of nitrogens with one attached hydrogen (secondary N) is 1. The van der Waals surface area contributed by atoms with E-state index in [1.165, 1.54) is 0 Å². The van der Waals surface area contributed by atoms with Gasteiger partial charge in [0.05, 0.1) is 6.54 Å². The summed E-state index contributed by atoms with van der Waals surface area (Å²) in [4.78, 5) is 15.7. The quantitative estimate of drug-likeness (QED) is 0.922. The fourth-order valence-corrected chi connectivity index (χ4v) is 2.46. The lowest BCUT2D eigenvalue weighted by Crippen LogP contribution is -2.25. The molecule has 0 atom stereocenters. The number of nitrogens with zero attached hydrogens (tertiary/aromatic N) is 2. The van der Waals surface area contributed by atoms with Crippen LogP contribution in [0, 0.1) is 5.92 Å². The highest BCUT2D eigenvalue weighted by atomic mass is 19.3. The summed E-state index contributed by atoms with van der Waals surface area (Å²) >= 11 is 0. The lowest BCUT2D eigenvalue weighted by molar-refractivity contribution is -0.122. The van der Waals surface area contributed by atoms with Crippen molar-refractivity contribution in [1.82, 2.24) is 15.5 Å². The minimum absolute atomic E-state index is 0.0158. The smallest absolute Gasteiger partial charge is 0.248 e. The number of amides is 1. The van der Waals surface area contributed by atoms with Gasteiger partial charge in [-0.05, 0) is 25.7 Å². The number of hydrogen-bond donors (Lipinski definition) is 1. The summed E-state index contributed by atoms with van der Waals surface area (Å²) in [6.45, 7) is 0.214. The van der Waals surface area contributed by atoms with Crippen LogP contribution in [0.1, 0.15) is 56.2 Å². The van der Waals surface area contributed by atoms with Crippen LogP contribution in [-0.4, -0.2) is 22.0 Å². The highest BCUT2D eigenvalue weighted by Gasteiger charge is 2.37. The largest absolute Gasteiger partial charge is 0.347 e. The molecule has 1 aromatic rings. The van der Waals surface area contributed by atoms with Gasteiger partial charge in [-0.3, -0.25) is 4.79 Å². The fourth-order valence-electron chi connectivity index (χ4n) is 2.46. The van der Waals surface area contributed by atoms with Crippen LogP contribution in [0.25, 0.3) is 0 Å². The van der Waals surface area contributed by atoms with Gasteiger partial charge in [-0.15, -0.1) is 0 Å². The molecule has 7 heteroatoms. The second kappa shape index (κ2) is 5.10. The average molecular weight is 285 g/mol. The van der Waals surface area contributed by atoms with E-state index in [0.717, 1.165) is 12.8 Å². The molecular formula is C13H17F2N3O2. The highest BCUT2D eigenvalue weighted by Crippen LogP contribution is 2.39. The Kier molecular flexibility index (Phi) is 3.43. The Balaban J connectivity index is 1.52. The van der Waals surface area contributed by atoms with Gasteiger partial charge in [0.25, 0.3) is 0 Å². The zero-order valence-corrected chi connectivity index (χ0v) is 11.1. The normalized spacial score (nSPS) is 22.7. The summed E-state index contributed by atoms with van der Waals surface area (Å²) in [5.74, 6) is -1.64. The lowest BCUT2D eigenvalue weighted by Gasteiger charge is -2.26. The van der Waals surface area contributed by atoms with E-state index < -0.39 is 5.92 Å². The molecule has 0 saturated heterocycles. The van der Waals surface area contributed by atoms with Gasteiger partial charge in [0.2, 0.25) is 17.7 Å². The van der Waals surface area contributed by atoms with Gasteiger partial charge in [0.15, 0.2) is 5.82 Å². The Morgan fingerprint density at radius 1 is 1.30 bits per heavy atom. The second-order valence-electron chi connectivity index (χ2n) is 5.67. The molecule has 2 saturated carbocycles. The van der Waals surface area contributed by atoms with Gasteiger partial charge in [-0.2, -0.15) is 4.98 Å². The lowest BCUT2D eigenvalue weighted by atomic mass is 9.86. The third-order valence-corrected chi connectivity index (χ3v) is 3.93. The molecule has 2 aliphatic rings. The second-order valence-corrected chi connectivity index (χ2v) is 5.67. The topological polar surface area (TPSA) is 68.0 Å². The zero-order valence-electron chi connectivity index (χ0n) is 11.1. The molecule has 0 spiro atoms. The first-order chi connectivity index (χ1) is 9.53. The molecule has 5 nitrogen and oxygen atoms in total. The average Bonchev–Trinajstić information content (AvgIpc) is 3.16. The Morgan fingerprint density at radius 3 is 2.65 bits per heavy atom. The number of alkyl halides is 2. The number of hydrogen-bond acceptors (Lipinski definition) is 4. The Bertz CT molecular complexity index is 490. The SMILES string of the molecule is O=C(NCc1nc(C2CCC(F)(F)CC2)no1)C1CC1. The minimum atomic E-state index is -2.55. The van der Waals surface area contributed by atoms with Crippen molar-refractivity contribution < 1.29 is 18.1 Å². The molecule has 1 aromatic heterocycles. The van der Waals surface area contributed by atoms with Crippen molar-refractivity contribution in [3.63, 3.8) is 0 Å². The molecule has 1 amide bonds. The van der Waals surface area contributed by atoms with Crippen molar-refractivity contribution in [3.05, 3.63) is 11.7 Å². The van der Waals surface area contributed by atoms with Crippen LogP contribution in [0.5, 0.6) is 0 Å². The van der Waals surface area contributed by atoms with Crippen LogP contribution in [-0.2, 0) is 11.3 Å².